The number of fused-ring (bicyclic) bond motifs is 1. The van der Waals surface area contributed by atoms with E-state index in [2.05, 4.69) is 20.7 Å². The summed E-state index contributed by atoms with van der Waals surface area (Å²) in [6.07, 6.45) is 7.60. The van der Waals surface area contributed by atoms with E-state index in [0.29, 0.717) is 17.9 Å². The molecule has 0 bridgehead atoms. The van der Waals surface area contributed by atoms with Crippen molar-refractivity contribution < 1.29 is 14.0 Å². The average Bonchev–Trinajstić information content (AvgIpc) is 3.60. The van der Waals surface area contributed by atoms with Gasteiger partial charge < -0.3 is 15.1 Å². The SMILES string of the molecule is CNC(=O)[C@@H](NC(=O)c1ccc(-c2cc3c(cn2)N=C(c2cc(C)nn2C)C3)o1)C1CCCCC1. The lowest BCUT2D eigenvalue weighted by Crippen LogP contribution is -2.50. The molecule has 182 valence electrons. The van der Waals surface area contributed by atoms with Crippen molar-refractivity contribution >= 4 is 23.2 Å². The normalized spacial score (nSPS) is 16.5. The number of aromatic nitrogens is 3. The first-order valence-corrected chi connectivity index (χ1v) is 12.1. The highest BCUT2D eigenvalue weighted by Crippen LogP contribution is 2.32. The topological polar surface area (TPSA) is 114 Å². The fraction of sp³-hybridized carbons (Fsp3) is 0.423. The molecule has 0 spiro atoms. The number of carbonyl (C=O) groups is 2. The standard InChI is InChI=1S/C26H30N6O3/c1-15-11-21(32(3)31-15)18-12-17-13-19(28-14-20(17)29-18)22-9-10-23(35-22)25(33)30-24(26(34)27-2)16-7-5-4-6-8-16/h9-11,13-14,16,24H,4-8,12H2,1-3H3,(H,27,34)(H,30,33)/t24-/m0/s1. The molecular formula is C26H30N6O3. The molecule has 3 aromatic rings. The van der Waals surface area contributed by atoms with Crippen LogP contribution in [0.25, 0.3) is 11.5 Å². The summed E-state index contributed by atoms with van der Waals surface area (Å²) in [5, 5.41) is 9.99. The zero-order valence-corrected chi connectivity index (χ0v) is 20.3. The van der Waals surface area contributed by atoms with Gasteiger partial charge in [0.05, 0.1) is 29.0 Å². The Hall–Kier alpha value is -3.75. The molecule has 0 saturated heterocycles. The van der Waals surface area contributed by atoms with Gasteiger partial charge >= 0.3 is 0 Å². The van der Waals surface area contributed by atoms with Crippen LogP contribution in [0.5, 0.6) is 0 Å². The number of carbonyl (C=O) groups excluding carboxylic acids is 2. The Morgan fingerprint density at radius 1 is 1.17 bits per heavy atom. The number of nitrogens with one attached hydrogen (secondary N) is 2. The van der Waals surface area contributed by atoms with E-state index in [1.807, 2.05) is 30.8 Å². The first kappa shape index (κ1) is 23.0. The summed E-state index contributed by atoms with van der Waals surface area (Å²) in [4.78, 5) is 34.7. The van der Waals surface area contributed by atoms with Crippen LogP contribution in [0.15, 0.2) is 39.9 Å². The molecule has 2 N–H and O–H groups in total. The number of nitrogens with zero attached hydrogens (tertiary/aromatic N) is 4. The van der Waals surface area contributed by atoms with Gasteiger partial charge in [0, 0.05) is 20.5 Å². The lowest BCUT2D eigenvalue weighted by molar-refractivity contribution is -0.124. The molecule has 1 saturated carbocycles. The summed E-state index contributed by atoms with van der Waals surface area (Å²) in [5.74, 6) is 0.231. The van der Waals surface area contributed by atoms with Gasteiger partial charge in [0.1, 0.15) is 11.7 Å². The maximum absolute atomic E-state index is 13.0. The summed E-state index contributed by atoms with van der Waals surface area (Å²) >= 11 is 0. The van der Waals surface area contributed by atoms with Gasteiger partial charge in [-0.25, -0.2) is 4.99 Å². The maximum Gasteiger partial charge on any atom is 0.287 e. The van der Waals surface area contributed by atoms with Crippen LogP contribution in [0.1, 0.15) is 59.6 Å². The fourth-order valence-electron chi connectivity index (χ4n) is 5.09. The van der Waals surface area contributed by atoms with Crippen LogP contribution in [-0.2, 0) is 18.3 Å². The fourth-order valence-corrected chi connectivity index (χ4v) is 5.09. The smallest absolute Gasteiger partial charge is 0.287 e. The van der Waals surface area contributed by atoms with Gasteiger partial charge in [0.25, 0.3) is 5.91 Å². The van der Waals surface area contributed by atoms with Crippen LogP contribution in [0.3, 0.4) is 0 Å². The molecule has 1 aliphatic heterocycles. The van der Waals surface area contributed by atoms with Crippen molar-refractivity contribution in [2.24, 2.45) is 18.0 Å². The Labute approximate surface area is 204 Å². The van der Waals surface area contributed by atoms with Crippen molar-refractivity contribution in [3.05, 3.63) is 53.2 Å². The van der Waals surface area contributed by atoms with Gasteiger partial charge in [-0.2, -0.15) is 5.10 Å². The Bertz CT molecular complexity index is 1300. The Balaban J connectivity index is 1.31. The zero-order chi connectivity index (χ0) is 24.5. The van der Waals surface area contributed by atoms with Crippen LogP contribution < -0.4 is 10.6 Å². The van der Waals surface area contributed by atoms with E-state index < -0.39 is 11.9 Å². The molecule has 0 aromatic carbocycles. The molecule has 0 unspecified atom stereocenters. The predicted octanol–water partition coefficient (Wildman–Crippen LogP) is 3.49. The van der Waals surface area contributed by atoms with E-state index >= 15 is 0 Å². The second-order valence-electron chi connectivity index (χ2n) is 9.36. The first-order valence-electron chi connectivity index (χ1n) is 12.1. The number of furan rings is 1. The van der Waals surface area contributed by atoms with Crippen LogP contribution in [0.4, 0.5) is 5.69 Å². The third-order valence-corrected chi connectivity index (χ3v) is 6.90. The Morgan fingerprint density at radius 3 is 2.69 bits per heavy atom. The van der Waals surface area contributed by atoms with Crippen LogP contribution in [-0.4, -0.2) is 45.4 Å². The molecule has 1 aliphatic carbocycles. The number of likely N-dealkylation sites (N-methyl/N-ethyl adjacent to an activating group) is 1. The van der Waals surface area contributed by atoms with Gasteiger partial charge in [-0.15, -0.1) is 0 Å². The van der Waals surface area contributed by atoms with Gasteiger partial charge in [-0.05, 0) is 55.5 Å². The highest BCUT2D eigenvalue weighted by Gasteiger charge is 2.31. The van der Waals surface area contributed by atoms with Crippen molar-refractivity contribution in [3.8, 4) is 11.5 Å². The summed E-state index contributed by atoms with van der Waals surface area (Å²) in [6, 6.07) is 6.77. The van der Waals surface area contributed by atoms with Gasteiger partial charge in [-0.3, -0.25) is 19.3 Å². The summed E-state index contributed by atoms with van der Waals surface area (Å²) in [5.41, 5.74) is 5.39. The highest BCUT2D eigenvalue weighted by atomic mass is 16.4. The van der Waals surface area contributed by atoms with E-state index in [1.165, 1.54) is 6.42 Å². The number of pyridine rings is 1. The Kier molecular flexibility index (Phi) is 6.23. The number of aliphatic imine (C=N–C) groups is 1. The number of aryl methyl sites for hydroxylation is 2. The number of hydrogen-bond donors (Lipinski definition) is 2. The highest BCUT2D eigenvalue weighted by molar-refractivity contribution is 6.05. The first-order chi connectivity index (χ1) is 16.9. The largest absolute Gasteiger partial charge is 0.449 e. The molecule has 35 heavy (non-hydrogen) atoms. The lowest BCUT2D eigenvalue weighted by Gasteiger charge is -2.29. The third kappa shape index (κ3) is 4.62. The number of hydrogen-bond acceptors (Lipinski definition) is 6. The van der Waals surface area contributed by atoms with Gasteiger partial charge in [-0.1, -0.05) is 19.3 Å². The molecule has 5 rings (SSSR count). The van der Waals surface area contributed by atoms with Crippen LogP contribution in [0, 0.1) is 12.8 Å². The number of amides is 2. The molecule has 1 fully saturated rings. The molecule has 2 amide bonds. The Morgan fingerprint density at radius 2 is 1.97 bits per heavy atom. The van der Waals surface area contributed by atoms with E-state index in [0.717, 1.165) is 54.0 Å². The second kappa shape index (κ2) is 9.48. The molecule has 9 nitrogen and oxygen atoms in total. The molecule has 4 heterocycles. The van der Waals surface area contributed by atoms with Crippen molar-refractivity contribution in [3.63, 3.8) is 0 Å². The summed E-state index contributed by atoms with van der Waals surface area (Å²) < 4.78 is 7.71. The molecule has 9 heteroatoms. The molecular weight excluding hydrogens is 444 g/mol. The van der Waals surface area contributed by atoms with Crippen molar-refractivity contribution in [1.82, 2.24) is 25.4 Å². The van der Waals surface area contributed by atoms with E-state index in [1.54, 1.807) is 25.4 Å². The van der Waals surface area contributed by atoms with Crippen LogP contribution >= 0.6 is 0 Å². The minimum Gasteiger partial charge on any atom is -0.449 e. The monoisotopic (exact) mass is 474 g/mol. The van der Waals surface area contributed by atoms with Crippen molar-refractivity contribution in [1.29, 1.82) is 0 Å². The number of rotatable bonds is 6. The minimum atomic E-state index is -0.564. The van der Waals surface area contributed by atoms with Crippen molar-refractivity contribution in [2.75, 3.05) is 7.05 Å². The molecule has 1 atom stereocenters. The third-order valence-electron chi connectivity index (χ3n) is 6.90. The van der Waals surface area contributed by atoms with E-state index in [9.17, 15) is 9.59 Å². The maximum atomic E-state index is 13.0. The summed E-state index contributed by atoms with van der Waals surface area (Å²) in [6.45, 7) is 1.96. The molecule has 2 aliphatic rings. The second-order valence-corrected chi connectivity index (χ2v) is 9.36. The predicted molar refractivity (Wildman–Crippen MR) is 132 cm³/mol. The summed E-state index contributed by atoms with van der Waals surface area (Å²) in [7, 11) is 3.51. The quantitative estimate of drug-likeness (QED) is 0.568. The van der Waals surface area contributed by atoms with Crippen LogP contribution in [0.2, 0.25) is 0 Å². The zero-order valence-electron chi connectivity index (χ0n) is 20.3. The van der Waals surface area contributed by atoms with Gasteiger partial charge in [0.2, 0.25) is 5.91 Å². The minimum absolute atomic E-state index is 0.137. The van der Waals surface area contributed by atoms with Crippen molar-refractivity contribution in [2.45, 2.75) is 51.5 Å². The molecule has 3 aromatic heterocycles. The lowest BCUT2D eigenvalue weighted by atomic mass is 9.83. The van der Waals surface area contributed by atoms with E-state index in [-0.39, 0.29) is 17.6 Å². The van der Waals surface area contributed by atoms with E-state index in [4.69, 9.17) is 9.41 Å². The molecule has 0 radical (unpaired) electrons. The average molecular weight is 475 g/mol. The van der Waals surface area contributed by atoms with Gasteiger partial charge in [0.15, 0.2) is 11.5 Å².